The Morgan fingerprint density at radius 1 is 1.37 bits per heavy atom. The van der Waals surface area contributed by atoms with Crippen LogP contribution < -0.4 is 10.6 Å². The molecule has 6 heteroatoms. The Balaban J connectivity index is 2.24. The van der Waals surface area contributed by atoms with Crippen molar-refractivity contribution in [2.24, 2.45) is 5.73 Å². The van der Waals surface area contributed by atoms with E-state index in [1.165, 1.54) is 11.3 Å². The Hall–Kier alpha value is -0.620. The topological polar surface area (TPSA) is 29.3 Å². The molecule has 1 aromatic carbocycles. The van der Waals surface area contributed by atoms with E-state index in [1.54, 1.807) is 6.07 Å². The van der Waals surface area contributed by atoms with E-state index in [0.29, 0.717) is 23.2 Å². The van der Waals surface area contributed by atoms with E-state index in [0.717, 1.165) is 14.8 Å². The summed E-state index contributed by atoms with van der Waals surface area (Å²) in [6.45, 7) is 0.921. The lowest BCUT2D eigenvalue weighted by Gasteiger charge is -2.20. The molecule has 0 aliphatic rings. The van der Waals surface area contributed by atoms with Gasteiger partial charge in [-0.1, -0.05) is 17.7 Å². The van der Waals surface area contributed by atoms with Crippen LogP contribution in [0.5, 0.6) is 0 Å². The highest BCUT2D eigenvalue weighted by atomic mass is 79.9. The maximum atomic E-state index is 14.2. The van der Waals surface area contributed by atoms with Crippen LogP contribution >= 0.6 is 38.9 Å². The Morgan fingerprint density at radius 3 is 2.68 bits per heavy atom. The maximum Gasteiger partial charge on any atom is 0.160 e. The van der Waals surface area contributed by atoms with Crippen molar-refractivity contribution in [3.8, 4) is 0 Å². The van der Waals surface area contributed by atoms with Gasteiger partial charge in [0, 0.05) is 18.5 Å². The maximum absolute atomic E-state index is 14.2. The molecule has 0 radical (unpaired) electrons. The number of benzene rings is 1. The molecule has 0 bridgehead atoms. The third-order valence-corrected chi connectivity index (χ3v) is 4.87. The fraction of sp³-hybridized carbons (Fsp3) is 0.231. The van der Waals surface area contributed by atoms with E-state index in [1.807, 2.05) is 30.1 Å². The highest BCUT2D eigenvalue weighted by Crippen LogP contribution is 2.30. The zero-order chi connectivity index (χ0) is 14.0. The summed E-state index contributed by atoms with van der Waals surface area (Å²) < 4.78 is 15.4. The molecule has 0 amide bonds. The van der Waals surface area contributed by atoms with Gasteiger partial charge < -0.3 is 10.6 Å². The summed E-state index contributed by atoms with van der Waals surface area (Å²) in [5.74, 6) is -0.284. The monoisotopic (exact) mass is 362 g/mol. The molecule has 0 saturated carbocycles. The van der Waals surface area contributed by atoms with E-state index < -0.39 is 0 Å². The number of nitrogens with two attached hydrogens (primary N) is 1. The summed E-state index contributed by atoms with van der Waals surface area (Å²) >= 11 is 10.6. The molecule has 2 N–H and O–H groups in total. The summed E-state index contributed by atoms with van der Waals surface area (Å²) in [6.07, 6.45) is 0. The SMILES string of the molecule is CN(Cc1ccc(Cl)s1)c1ccc(CN)c(Br)c1F. The second-order valence-electron chi connectivity index (χ2n) is 4.14. The normalized spacial score (nSPS) is 10.8. The molecule has 0 saturated heterocycles. The third-order valence-electron chi connectivity index (χ3n) is 2.79. The standard InChI is InChI=1S/C13H13BrClFN2S/c1-18(7-9-3-5-11(15)19-9)10-4-2-8(6-17)12(14)13(10)16/h2-5H,6-7,17H2,1H3. The molecular weight excluding hydrogens is 351 g/mol. The van der Waals surface area contributed by atoms with Gasteiger partial charge in [0.2, 0.25) is 0 Å². The van der Waals surface area contributed by atoms with Crippen molar-refractivity contribution in [3.05, 3.63) is 49.3 Å². The first-order valence-electron chi connectivity index (χ1n) is 5.65. The van der Waals surface area contributed by atoms with E-state index in [4.69, 9.17) is 17.3 Å². The third kappa shape index (κ3) is 3.28. The summed E-state index contributed by atoms with van der Waals surface area (Å²) in [6, 6.07) is 7.38. The summed E-state index contributed by atoms with van der Waals surface area (Å²) in [5, 5.41) is 0. The smallest absolute Gasteiger partial charge is 0.160 e. The lowest BCUT2D eigenvalue weighted by Crippen LogP contribution is -2.17. The predicted octanol–water partition coefficient (Wildman–Crippen LogP) is 4.40. The lowest BCUT2D eigenvalue weighted by atomic mass is 10.2. The zero-order valence-electron chi connectivity index (χ0n) is 10.3. The predicted molar refractivity (Wildman–Crippen MR) is 83.4 cm³/mol. The summed E-state index contributed by atoms with van der Waals surface area (Å²) in [5.41, 5.74) is 6.84. The quantitative estimate of drug-likeness (QED) is 0.872. The van der Waals surface area contributed by atoms with Gasteiger partial charge in [0.1, 0.15) is 0 Å². The first kappa shape index (κ1) is 14.8. The number of rotatable bonds is 4. The number of hydrogen-bond acceptors (Lipinski definition) is 3. The average Bonchev–Trinajstić information content (AvgIpc) is 2.78. The minimum Gasteiger partial charge on any atom is -0.367 e. The molecule has 1 heterocycles. The van der Waals surface area contributed by atoms with Gasteiger partial charge in [-0.3, -0.25) is 0 Å². The van der Waals surface area contributed by atoms with Gasteiger partial charge in [-0.05, 0) is 39.7 Å². The zero-order valence-corrected chi connectivity index (χ0v) is 13.4. The van der Waals surface area contributed by atoms with Crippen LogP contribution in [-0.2, 0) is 13.1 Å². The van der Waals surface area contributed by atoms with Crippen molar-refractivity contribution in [1.82, 2.24) is 0 Å². The van der Waals surface area contributed by atoms with Gasteiger partial charge in [0.15, 0.2) is 5.82 Å². The van der Waals surface area contributed by atoms with Crippen LogP contribution in [0, 0.1) is 5.82 Å². The van der Waals surface area contributed by atoms with E-state index in [9.17, 15) is 4.39 Å². The van der Waals surface area contributed by atoms with E-state index in [2.05, 4.69) is 15.9 Å². The number of halogens is 3. The molecule has 2 rings (SSSR count). The van der Waals surface area contributed by atoms with Crippen molar-refractivity contribution < 1.29 is 4.39 Å². The summed E-state index contributed by atoms with van der Waals surface area (Å²) in [4.78, 5) is 2.94. The Morgan fingerprint density at radius 2 is 2.11 bits per heavy atom. The number of hydrogen-bond donors (Lipinski definition) is 1. The minimum absolute atomic E-state index is 0.284. The van der Waals surface area contributed by atoms with Crippen LogP contribution in [0.25, 0.3) is 0 Å². The summed E-state index contributed by atoms with van der Waals surface area (Å²) in [7, 11) is 1.85. The Bertz CT molecular complexity index is 588. The highest BCUT2D eigenvalue weighted by Gasteiger charge is 2.14. The molecule has 0 aliphatic carbocycles. The Labute approximate surface area is 129 Å². The van der Waals surface area contributed by atoms with Crippen molar-refractivity contribution in [1.29, 1.82) is 0 Å². The van der Waals surface area contributed by atoms with Gasteiger partial charge in [-0.25, -0.2) is 4.39 Å². The van der Waals surface area contributed by atoms with Crippen LogP contribution in [0.3, 0.4) is 0 Å². The van der Waals surface area contributed by atoms with E-state index >= 15 is 0 Å². The van der Waals surface area contributed by atoms with Gasteiger partial charge >= 0.3 is 0 Å². The van der Waals surface area contributed by atoms with Gasteiger partial charge in [0.25, 0.3) is 0 Å². The average molecular weight is 364 g/mol. The number of nitrogens with zero attached hydrogens (tertiary/aromatic N) is 1. The molecule has 0 atom stereocenters. The molecule has 19 heavy (non-hydrogen) atoms. The molecule has 1 aromatic heterocycles. The molecule has 0 spiro atoms. The molecule has 0 aliphatic heterocycles. The van der Waals surface area contributed by atoms with Crippen LogP contribution in [0.15, 0.2) is 28.7 Å². The fourth-order valence-corrected chi connectivity index (χ4v) is 3.43. The molecular formula is C13H13BrClFN2S. The van der Waals surface area contributed by atoms with Gasteiger partial charge in [-0.15, -0.1) is 11.3 Å². The molecule has 2 nitrogen and oxygen atoms in total. The van der Waals surface area contributed by atoms with Crippen LogP contribution in [0.2, 0.25) is 4.34 Å². The van der Waals surface area contributed by atoms with E-state index in [-0.39, 0.29) is 5.82 Å². The molecule has 0 unspecified atom stereocenters. The highest BCUT2D eigenvalue weighted by molar-refractivity contribution is 9.10. The minimum atomic E-state index is -0.284. The fourth-order valence-electron chi connectivity index (χ4n) is 1.79. The van der Waals surface area contributed by atoms with Gasteiger partial charge in [-0.2, -0.15) is 0 Å². The van der Waals surface area contributed by atoms with Gasteiger partial charge in [0.05, 0.1) is 21.0 Å². The van der Waals surface area contributed by atoms with Crippen molar-refractivity contribution in [3.63, 3.8) is 0 Å². The first-order valence-corrected chi connectivity index (χ1v) is 7.64. The lowest BCUT2D eigenvalue weighted by molar-refractivity contribution is 0.613. The van der Waals surface area contributed by atoms with Crippen molar-refractivity contribution in [2.45, 2.75) is 13.1 Å². The second kappa shape index (κ2) is 6.22. The molecule has 2 aromatic rings. The Kier molecular flexibility index (Phi) is 4.84. The largest absolute Gasteiger partial charge is 0.367 e. The van der Waals surface area contributed by atoms with Crippen LogP contribution in [-0.4, -0.2) is 7.05 Å². The first-order chi connectivity index (χ1) is 9.02. The number of anilines is 1. The van der Waals surface area contributed by atoms with Crippen molar-refractivity contribution >= 4 is 44.6 Å². The van der Waals surface area contributed by atoms with Crippen LogP contribution in [0.1, 0.15) is 10.4 Å². The number of thiophene rings is 1. The molecule has 0 fully saturated rings. The second-order valence-corrected chi connectivity index (χ2v) is 6.73. The van der Waals surface area contributed by atoms with Crippen LogP contribution in [0.4, 0.5) is 10.1 Å². The molecule has 102 valence electrons. The van der Waals surface area contributed by atoms with Crippen molar-refractivity contribution in [2.75, 3.05) is 11.9 Å².